The number of hydrogen-bond acceptors (Lipinski definition) is 4. The van der Waals surface area contributed by atoms with Crippen molar-refractivity contribution >= 4 is 21.6 Å². The van der Waals surface area contributed by atoms with E-state index in [4.69, 9.17) is 4.98 Å². The van der Waals surface area contributed by atoms with Gasteiger partial charge in [-0.3, -0.25) is 4.90 Å². The minimum absolute atomic E-state index is 0.666. The van der Waals surface area contributed by atoms with Crippen LogP contribution in [0.1, 0.15) is 37.6 Å². The summed E-state index contributed by atoms with van der Waals surface area (Å²) in [5, 5.41) is 4.91. The molecule has 1 atom stereocenters. The highest BCUT2D eigenvalue weighted by atomic mass is 32.1. The molecule has 0 aliphatic carbocycles. The van der Waals surface area contributed by atoms with Crippen molar-refractivity contribution in [2.45, 2.75) is 45.2 Å². The number of piperidine rings is 1. The first-order valence-electron chi connectivity index (χ1n) is 8.15. The number of hydrogen-bond donors (Lipinski definition) is 1. The maximum atomic E-state index is 4.78. The number of fused-ring (bicyclic) bond motifs is 1. The van der Waals surface area contributed by atoms with Gasteiger partial charge in [-0.25, -0.2) is 4.98 Å². The Hall–Kier alpha value is -0.970. The molecule has 0 spiro atoms. The smallest absolute Gasteiger partial charge is 0.108 e. The molecule has 0 radical (unpaired) electrons. The first kappa shape index (κ1) is 14.9. The number of para-hydroxylation sites is 1. The van der Waals surface area contributed by atoms with Crippen LogP contribution < -0.4 is 5.32 Å². The Balaban J connectivity index is 1.65. The minimum atomic E-state index is 0.666. The highest BCUT2D eigenvalue weighted by Crippen LogP contribution is 2.23. The summed E-state index contributed by atoms with van der Waals surface area (Å²) in [4.78, 5) is 7.35. The second-order valence-electron chi connectivity index (χ2n) is 5.96. The van der Waals surface area contributed by atoms with Crippen molar-refractivity contribution in [1.82, 2.24) is 15.2 Å². The molecule has 1 saturated heterocycles. The van der Waals surface area contributed by atoms with Gasteiger partial charge in [-0.05, 0) is 44.5 Å². The predicted octanol–water partition coefficient (Wildman–Crippen LogP) is 3.65. The normalized spacial score (nSPS) is 19.4. The van der Waals surface area contributed by atoms with Gasteiger partial charge in [-0.2, -0.15) is 0 Å². The fraction of sp³-hybridized carbons (Fsp3) is 0.588. The van der Waals surface area contributed by atoms with Crippen molar-refractivity contribution in [1.29, 1.82) is 0 Å². The van der Waals surface area contributed by atoms with Gasteiger partial charge in [0.1, 0.15) is 5.01 Å². The number of rotatable bonds is 6. The largest absolute Gasteiger partial charge is 0.313 e. The SMILES string of the molecule is CCCN(Cc1nc2ccccc2s1)CC1CCCCN1. The molecule has 1 aliphatic rings. The second kappa shape index (κ2) is 7.34. The van der Waals surface area contributed by atoms with E-state index in [1.54, 1.807) is 0 Å². The van der Waals surface area contributed by atoms with E-state index >= 15 is 0 Å². The Kier molecular flexibility index (Phi) is 5.22. The van der Waals surface area contributed by atoms with Crippen LogP contribution in [-0.2, 0) is 6.54 Å². The lowest BCUT2D eigenvalue weighted by Crippen LogP contribution is -2.43. The quantitative estimate of drug-likeness (QED) is 0.883. The van der Waals surface area contributed by atoms with Crippen molar-refractivity contribution in [2.24, 2.45) is 0 Å². The summed E-state index contributed by atoms with van der Waals surface area (Å²) >= 11 is 1.84. The van der Waals surface area contributed by atoms with Gasteiger partial charge in [0.15, 0.2) is 0 Å². The van der Waals surface area contributed by atoms with Gasteiger partial charge in [-0.1, -0.05) is 25.5 Å². The highest BCUT2D eigenvalue weighted by Gasteiger charge is 2.17. The first-order chi connectivity index (χ1) is 10.3. The van der Waals surface area contributed by atoms with Crippen molar-refractivity contribution in [2.75, 3.05) is 19.6 Å². The van der Waals surface area contributed by atoms with Gasteiger partial charge in [0.05, 0.1) is 16.8 Å². The van der Waals surface area contributed by atoms with Gasteiger partial charge in [0, 0.05) is 12.6 Å². The molecule has 0 saturated carbocycles. The van der Waals surface area contributed by atoms with Crippen LogP contribution in [0.3, 0.4) is 0 Å². The summed E-state index contributed by atoms with van der Waals surface area (Å²) in [5.41, 5.74) is 1.14. The van der Waals surface area contributed by atoms with Crippen LogP contribution in [-0.4, -0.2) is 35.6 Å². The highest BCUT2D eigenvalue weighted by molar-refractivity contribution is 7.18. The molecule has 3 nitrogen and oxygen atoms in total. The molecule has 1 fully saturated rings. The third-order valence-corrected chi connectivity index (χ3v) is 5.15. The summed E-state index contributed by atoms with van der Waals surface area (Å²) in [5.74, 6) is 0. The predicted molar refractivity (Wildman–Crippen MR) is 90.8 cm³/mol. The summed E-state index contributed by atoms with van der Waals surface area (Å²) in [6.45, 7) is 6.76. The van der Waals surface area contributed by atoms with E-state index < -0.39 is 0 Å². The lowest BCUT2D eigenvalue weighted by molar-refractivity contribution is 0.217. The fourth-order valence-electron chi connectivity index (χ4n) is 3.12. The van der Waals surface area contributed by atoms with Crippen molar-refractivity contribution in [3.63, 3.8) is 0 Å². The summed E-state index contributed by atoms with van der Waals surface area (Å²) in [6.07, 6.45) is 5.23. The zero-order valence-electron chi connectivity index (χ0n) is 12.8. The second-order valence-corrected chi connectivity index (χ2v) is 7.07. The fourth-order valence-corrected chi connectivity index (χ4v) is 4.13. The average molecular weight is 303 g/mol. The van der Waals surface area contributed by atoms with Crippen LogP contribution in [0.4, 0.5) is 0 Å². The maximum Gasteiger partial charge on any atom is 0.108 e. The van der Waals surface area contributed by atoms with Crippen LogP contribution in [0, 0.1) is 0 Å². The standard InChI is InChI=1S/C17H25N3S/c1-2-11-20(12-14-7-5-6-10-18-14)13-17-19-15-8-3-4-9-16(15)21-17/h3-4,8-9,14,18H,2,5-7,10-13H2,1H3. The van der Waals surface area contributed by atoms with E-state index in [1.807, 2.05) is 11.3 Å². The molecule has 1 unspecified atom stereocenters. The molecule has 1 aromatic carbocycles. The first-order valence-corrected chi connectivity index (χ1v) is 8.97. The molecule has 0 bridgehead atoms. The zero-order valence-corrected chi connectivity index (χ0v) is 13.7. The minimum Gasteiger partial charge on any atom is -0.313 e. The Morgan fingerprint density at radius 3 is 3.00 bits per heavy atom. The molecule has 2 aromatic rings. The average Bonchev–Trinajstić information content (AvgIpc) is 2.90. The molecular weight excluding hydrogens is 278 g/mol. The van der Waals surface area contributed by atoms with Crippen LogP contribution in [0.2, 0.25) is 0 Å². The zero-order chi connectivity index (χ0) is 14.5. The van der Waals surface area contributed by atoms with Crippen LogP contribution in [0.15, 0.2) is 24.3 Å². The molecule has 2 heterocycles. The lowest BCUT2D eigenvalue weighted by atomic mass is 10.0. The molecule has 3 rings (SSSR count). The number of nitrogens with one attached hydrogen (secondary N) is 1. The van der Waals surface area contributed by atoms with E-state index in [9.17, 15) is 0 Å². The van der Waals surface area contributed by atoms with Crippen molar-refractivity contribution < 1.29 is 0 Å². The third-order valence-electron chi connectivity index (χ3n) is 4.13. The molecule has 1 aliphatic heterocycles. The van der Waals surface area contributed by atoms with E-state index in [-0.39, 0.29) is 0 Å². The topological polar surface area (TPSA) is 28.2 Å². The van der Waals surface area contributed by atoms with Gasteiger partial charge in [0.2, 0.25) is 0 Å². The van der Waals surface area contributed by atoms with E-state index in [2.05, 4.69) is 41.4 Å². The summed E-state index contributed by atoms with van der Waals surface area (Å²) < 4.78 is 1.31. The number of nitrogens with zero attached hydrogens (tertiary/aromatic N) is 2. The van der Waals surface area contributed by atoms with Crippen molar-refractivity contribution in [3.05, 3.63) is 29.3 Å². The Labute approximate surface area is 131 Å². The van der Waals surface area contributed by atoms with Crippen LogP contribution in [0.5, 0.6) is 0 Å². The van der Waals surface area contributed by atoms with E-state index in [0.29, 0.717) is 6.04 Å². The molecule has 4 heteroatoms. The summed E-state index contributed by atoms with van der Waals surface area (Å²) in [7, 11) is 0. The van der Waals surface area contributed by atoms with Gasteiger partial charge in [0.25, 0.3) is 0 Å². The Morgan fingerprint density at radius 2 is 2.24 bits per heavy atom. The Bertz CT molecular complexity index is 527. The lowest BCUT2D eigenvalue weighted by Gasteiger charge is -2.29. The van der Waals surface area contributed by atoms with E-state index in [1.165, 1.54) is 41.9 Å². The third kappa shape index (κ3) is 4.02. The Morgan fingerprint density at radius 1 is 1.33 bits per heavy atom. The number of aromatic nitrogens is 1. The summed E-state index contributed by atoms with van der Waals surface area (Å²) in [6, 6.07) is 9.12. The molecule has 1 aromatic heterocycles. The molecular formula is C17H25N3S. The molecule has 0 amide bonds. The number of benzene rings is 1. The van der Waals surface area contributed by atoms with Gasteiger partial charge >= 0.3 is 0 Å². The maximum absolute atomic E-state index is 4.78. The number of thiazole rings is 1. The molecule has 114 valence electrons. The molecule has 1 N–H and O–H groups in total. The van der Waals surface area contributed by atoms with E-state index in [0.717, 1.165) is 25.2 Å². The van der Waals surface area contributed by atoms with Crippen LogP contribution in [0.25, 0.3) is 10.2 Å². The van der Waals surface area contributed by atoms with Crippen LogP contribution >= 0.6 is 11.3 Å². The molecule has 21 heavy (non-hydrogen) atoms. The monoisotopic (exact) mass is 303 g/mol. The van der Waals surface area contributed by atoms with Crippen molar-refractivity contribution in [3.8, 4) is 0 Å². The van der Waals surface area contributed by atoms with Gasteiger partial charge in [-0.15, -0.1) is 11.3 Å². The van der Waals surface area contributed by atoms with Gasteiger partial charge < -0.3 is 5.32 Å².